The Morgan fingerprint density at radius 1 is 1.26 bits per heavy atom. The molecule has 1 aliphatic rings. The summed E-state index contributed by atoms with van der Waals surface area (Å²) in [4.78, 5) is 74.2. The number of anilines is 1. The molecule has 3 rings (SSSR count). The minimum absolute atomic E-state index is 0. The summed E-state index contributed by atoms with van der Waals surface area (Å²) in [7, 11) is -4.42. The predicted octanol–water partition coefficient (Wildman–Crippen LogP) is -4.29. The van der Waals surface area contributed by atoms with Gasteiger partial charge in [-0.1, -0.05) is 5.16 Å². The van der Waals surface area contributed by atoms with Crippen LogP contribution in [0.2, 0.25) is 0 Å². The summed E-state index contributed by atoms with van der Waals surface area (Å²) in [5, 5.41) is 17.8. The molecule has 19 nitrogen and oxygen atoms in total. The number of hydrogen-bond donors (Lipinski definition) is 3. The van der Waals surface area contributed by atoms with E-state index >= 15 is 0 Å². The number of nitrogen functional groups attached to an aromatic ring is 1. The molecule has 2 heterocycles. The fourth-order valence-electron chi connectivity index (χ4n) is 3.32. The van der Waals surface area contributed by atoms with E-state index in [9.17, 15) is 42.3 Å². The molecule has 1 fully saturated rings. The predicted molar refractivity (Wildman–Crippen MR) is 139 cm³/mol. The number of β-lactam (4-membered cyclic amide) rings is 1. The smallest absolute Gasteiger partial charge is 0.731 e. The molecule has 1 aromatic carbocycles. The second-order valence-electron chi connectivity index (χ2n) is 8.77. The fraction of sp³-hybridized carbons (Fsp3) is 0.333. The molecule has 0 saturated carbocycles. The molecule has 2 atom stereocenters. The number of non-ortho nitro benzene ring substituents is 1. The first-order valence-corrected chi connectivity index (χ1v) is 13.6. The van der Waals surface area contributed by atoms with E-state index < -0.39 is 62.3 Å². The average molecular weight is 652 g/mol. The molecular weight excluding hydrogens is 629 g/mol. The van der Waals surface area contributed by atoms with E-state index in [1.54, 1.807) is 5.48 Å². The molecule has 0 aliphatic carbocycles. The third-order valence-corrected chi connectivity index (χ3v) is 6.97. The van der Waals surface area contributed by atoms with Crippen LogP contribution in [-0.2, 0) is 50.5 Å². The van der Waals surface area contributed by atoms with Crippen LogP contribution in [0.5, 0.6) is 0 Å². The number of amides is 3. The molecule has 1 saturated heterocycles. The summed E-state index contributed by atoms with van der Waals surface area (Å²) < 4.78 is 39.3. The molecule has 4 N–H and O–H groups in total. The summed E-state index contributed by atoms with van der Waals surface area (Å²) in [6.07, 6.45) is 0. The van der Waals surface area contributed by atoms with Crippen molar-refractivity contribution in [2.24, 2.45) is 5.16 Å². The minimum Gasteiger partial charge on any atom is -0.731 e. The van der Waals surface area contributed by atoms with Crippen LogP contribution in [-0.4, -0.2) is 81.4 Å². The van der Waals surface area contributed by atoms with Gasteiger partial charge in [-0.25, -0.2) is 28.0 Å². The van der Waals surface area contributed by atoms with E-state index in [0.717, 1.165) is 18.4 Å². The number of rotatable bonds is 12. The number of oxime groups is 1. The number of hydroxylamine groups is 1. The van der Waals surface area contributed by atoms with Crippen molar-refractivity contribution in [3.8, 4) is 0 Å². The van der Waals surface area contributed by atoms with Gasteiger partial charge in [-0.15, -0.1) is 11.3 Å². The van der Waals surface area contributed by atoms with Crippen LogP contribution in [0.4, 0.5) is 10.8 Å². The van der Waals surface area contributed by atoms with Gasteiger partial charge < -0.3 is 25.2 Å². The molecule has 2 aromatic rings. The van der Waals surface area contributed by atoms with Crippen LogP contribution in [0.25, 0.3) is 0 Å². The molecule has 0 spiro atoms. The molecule has 0 radical (unpaired) electrons. The minimum atomic E-state index is -5.43. The van der Waals surface area contributed by atoms with Crippen molar-refractivity contribution in [3.63, 3.8) is 0 Å². The number of nitrogens with zero attached hydrogens (tertiary/aromatic N) is 4. The molecule has 2 unspecified atom stereocenters. The van der Waals surface area contributed by atoms with Gasteiger partial charge in [0.15, 0.2) is 27.2 Å². The van der Waals surface area contributed by atoms with Crippen molar-refractivity contribution < 1.29 is 81.0 Å². The number of thiazole rings is 1. The van der Waals surface area contributed by atoms with Crippen LogP contribution < -0.4 is 46.1 Å². The zero-order valence-electron chi connectivity index (χ0n) is 22.8. The second kappa shape index (κ2) is 14.2. The Hall–Kier alpha value is -3.73. The number of nitrogens with two attached hydrogens (primary N) is 1. The van der Waals surface area contributed by atoms with Crippen molar-refractivity contribution in [3.05, 3.63) is 51.0 Å². The van der Waals surface area contributed by atoms with Gasteiger partial charge in [-0.3, -0.25) is 29.3 Å². The topological polar surface area (TPSA) is 275 Å². The molecular formula is C21H22N7NaO12S2. The first kappa shape index (κ1) is 35.5. The average Bonchev–Trinajstić information content (AvgIpc) is 3.33. The number of carbonyl (C=O) groups excluding carboxylic acids is 4. The zero-order chi connectivity index (χ0) is 31.4. The van der Waals surface area contributed by atoms with Crippen molar-refractivity contribution in [1.29, 1.82) is 0 Å². The van der Waals surface area contributed by atoms with E-state index in [2.05, 4.69) is 20.3 Å². The van der Waals surface area contributed by atoms with Gasteiger partial charge in [0.05, 0.1) is 12.0 Å². The maximum Gasteiger partial charge on any atom is 1.00 e. The van der Waals surface area contributed by atoms with E-state index in [1.165, 1.54) is 43.5 Å². The van der Waals surface area contributed by atoms with Crippen LogP contribution in [0.15, 0.2) is 34.8 Å². The summed E-state index contributed by atoms with van der Waals surface area (Å²) >= 11 is 0.893. The SMILES string of the molecule is CONC(=O)C1C(NC(=O)C(=NOC(C)(C)C(=O)OCc2ccc([N+](=O)[O-])cc2)c2csc(N)n2)C(=O)N1S(=O)(=O)[O-].[Na+]. The number of benzene rings is 1. The van der Waals surface area contributed by atoms with Crippen LogP contribution >= 0.6 is 11.3 Å². The maximum absolute atomic E-state index is 13.1. The number of nitro benzene ring substituents is 1. The van der Waals surface area contributed by atoms with Crippen molar-refractivity contribution in [2.45, 2.75) is 38.1 Å². The third-order valence-electron chi connectivity index (χ3n) is 5.40. The molecule has 1 aromatic heterocycles. The Balaban J connectivity index is 0.00000645. The first-order chi connectivity index (χ1) is 19.6. The summed E-state index contributed by atoms with van der Waals surface area (Å²) in [6.45, 7) is 2.21. The number of nitro groups is 1. The van der Waals surface area contributed by atoms with Gasteiger partial charge in [0.1, 0.15) is 18.3 Å². The Morgan fingerprint density at radius 3 is 2.40 bits per heavy atom. The van der Waals surface area contributed by atoms with Gasteiger partial charge in [0, 0.05) is 17.5 Å². The molecule has 226 valence electrons. The standard InChI is InChI=1S/C21H23N7O12S2.Na/c1-21(2,19(32)39-8-10-4-6-11(7-5-10)28(33)34)40-25-13(12-9-41-20(22)23-12)16(29)24-14-15(17(30)26-38-3)27(18(14)31)42(35,36)37;/h4-7,9,14-15H,8H2,1-3H3,(H2,22,23)(H,24,29)(H,26,30)(H,35,36,37);/q;+1/p-1. The number of esters is 1. The fourth-order valence-corrected chi connectivity index (χ4v) is 4.69. The van der Waals surface area contributed by atoms with Gasteiger partial charge in [-0.2, -0.15) is 0 Å². The van der Waals surface area contributed by atoms with Gasteiger partial charge in [0.25, 0.3) is 23.4 Å². The van der Waals surface area contributed by atoms with Crippen LogP contribution in [0, 0.1) is 10.1 Å². The summed E-state index contributed by atoms with van der Waals surface area (Å²) in [6, 6.07) is 1.39. The normalized spacial score (nSPS) is 16.8. The van der Waals surface area contributed by atoms with E-state index in [0.29, 0.717) is 5.56 Å². The van der Waals surface area contributed by atoms with E-state index in [-0.39, 0.29) is 57.0 Å². The zero-order valence-corrected chi connectivity index (χ0v) is 26.5. The van der Waals surface area contributed by atoms with E-state index in [4.69, 9.17) is 15.3 Å². The number of aromatic nitrogens is 1. The molecule has 22 heteroatoms. The monoisotopic (exact) mass is 651 g/mol. The molecule has 1 aliphatic heterocycles. The Morgan fingerprint density at radius 2 is 1.88 bits per heavy atom. The van der Waals surface area contributed by atoms with Gasteiger partial charge >= 0.3 is 35.5 Å². The Bertz CT molecular complexity index is 1550. The largest absolute Gasteiger partial charge is 1.00 e. The van der Waals surface area contributed by atoms with Crippen molar-refractivity contribution >= 4 is 61.9 Å². The number of hydrogen-bond acceptors (Lipinski definition) is 16. The maximum atomic E-state index is 13.1. The van der Waals surface area contributed by atoms with Gasteiger partial charge in [0.2, 0.25) is 5.60 Å². The Kier molecular flexibility index (Phi) is 11.7. The quantitative estimate of drug-likeness (QED) is 0.0373. The van der Waals surface area contributed by atoms with Crippen LogP contribution in [0.1, 0.15) is 25.1 Å². The Labute approximate surface area is 269 Å². The van der Waals surface area contributed by atoms with E-state index in [1.807, 2.05) is 0 Å². The number of carbonyl (C=O) groups is 4. The second-order valence-corrected chi connectivity index (χ2v) is 10.9. The summed E-state index contributed by atoms with van der Waals surface area (Å²) in [5.41, 5.74) is 5.03. The summed E-state index contributed by atoms with van der Waals surface area (Å²) in [5.74, 6) is -4.81. The third kappa shape index (κ3) is 8.43. The molecule has 0 bridgehead atoms. The number of nitrogens with one attached hydrogen (secondary N) is 2. The number of ether oxygens (including phenoxy) is 1. The first-order valence-electron chi connectivity index (χ1n) is 11.4. The van der Waals surface area contributed by atoms with Gasteiger partial charge in [-0.05, 0) is 31.5 Å². The molecule has 3 amide bonds. The van der Waals surface area contributed by atoms with Crippen molar-refractivity contribution in [1.82, 2.24) is 20.1 Å². The molecule has 43 heavy (non-hydrogen) atoms. The van der Waals surface area contributed by atoms with Crippen LogP contribution in [0.3, 0.4) is 0 Å². The van der Waals surface area contributed by atoms with Crippen molar-refractivity contribution in [2.75, 3.05) is 12.8 Å².